The monoisotopic (exact) mass is 375 g/mol. The fraction of sp³-hybridized carbons (Fsp3) is 0.333. The third-order valence-electron chi connectivity index (χ3n) is 2.45. The van der Waals surface area contributed by atoms with Crippen LogP contribution < -0.4 is 32.4 Å². The van der Waals surface area contributed by atoms with Crippen molar-refractivity contribution < 1.29 is 20.5 Å². The van der Waals surface area contributed by atoms with Gasteiger partial charge in [0.25, 0.3) is 5.96 Å². The number of hydrogen-bond donors (Lipinski definition) is 7. The Morgan fingerprint density at radius 3 is 2.54 bits per heavy atom. The third kappa shape index (κ3) is 5.69. The molecule has 20 heteroatoms. The van der Waals surface area contributed by atoms with E-state index in [2.05, 4.69) is 57.1 Å². The molecule has 20 nitrogen and oxygen atoms in total. The van der Waals surface area contributed by atoms with Crippen LogP contribution in [0.2, 0.25) is 0 Å². The highest BCUT2D eigenvalue weighted by Crippen LogP contribution is 2.05. The summed E-state index contributed by atoms with van der Waals surface area (Å²) >= 11 is 0. The van der Waals surface area contributed by atoms with Crippen LogP contribution >= 0.6 is 0 Å². The van der Waals surface area contributed by atoms with E-state index in [9.17, 15) is 20.2 Å². The molecule has 1 aromatic rings. The van der Waals surface area contributed by atoms with Gasteiger partial charge in [0.05, 0.1) is 0 Å². The van der Waals surface area contributed by atoms with Gasteiger partial charge in [-0.05, 0) is 0 Å². The van der Waals surface area contributed by atoms with Crippen molar-refractivity contribution >= 4 is 23.8 Å². The van der Waals surface area contributed by atoms with Gasteiger partial charge in [0.15, 0.2) is 22.0 Å². The molecule has 0 spiro atoms. The minimum Gasteiger partial charge on any atom is -0.414 e. The number of rotatable bonds is 3. The quantitative estimate of drug-likeness (QED) is 0.112. The summed E-state index contributed by atoms with van der Waals surface area (Å²) in [5, 5.41) is 47.4. The van der Waals surface area contributed by atoms with Crippen molar-refractivity contribution in [3.05, 3.63) is 25.5 Å². The zero-order valence-electron chi connectivity index (χ0n) is 12.5. The molecular weight excluding hydrogens is 362 g/mol. The van der Waals surface area contributed by atoms with Gasteiger partial charge >= 0.3 is 5.96 Å². The summed E-state index contributed by atoms with van der Waals surface area (Å²) in [6, 6.07) is 0. The maximum atomic E-state index is 10.0. The molecule has 0 aliphatic carbocycles. The molecule has 0 saturated carbocycles. The smallest absolute Gasteiger partial charge is 0.344 e. The Morgan fingerprint density at radius 2 is 2.00 bits per heavy atom. The van der Waals surface area contributed by atoms with Crippen LogP contribution in [0.4, 0.5) is 5.95 Å². The number of H-pyrrole nitrogens is 1. The van der Waals surface area contributed by atoms with Gasteiger partial charge in [0.1, 0.15) is 5.10 Å². The summed E-state index contributed by atoms with van der Waals surface area (Å²) in [6.45, 7) is 0. The Bertz CT molecular complexity index is 725. The van der Waals surface area contributed by atoms with Crippen LogP contribution in [0.1, 0.15) is 0 Å². The zero-order valence-corrected chi connectivity index (χ0v) is 12.5. The van der Waals surface area contributed by atoms with Crippen molar-refractivity contribution in [3.63, 3.8) is 0 Å². The predicted octanol–water partition coefficient (Wildman–Crippen LogP) is -6.74. The van der Waals surface area contributed by atoms with E-state index in [4.69, 9.17) is 11.5 Å². The number of aromatic nitrogens is 4. The summed E-state index contributed by atoms with van der Waals surface area (Å²) in [4.78, 5) is 22.6. The second kappa shape index (κ2) is 8.48. The van der Waals surface area contributed by atoms with Crippen molar-refractivity contribution in [3.8, 4) is 0 Å². The maximum Gasteiger partial charge on any atom is 0.344 e. The fourth-order valence-corrected chi connectivity index (χ4v) is 1.67. The van der Waals surface area contributed by atoms with E-state index in [1.807, 2.05) is 0 Å². The number of tetrazole rings is 1. The van der Waals surface area contributed by atoms with Gasteiger partial charge in [-0.3, -0.25) is 21.4 Å². The van der Waals surface area contributed by atoms with Crippen molar-refractivity contribution in [1.82, 2.24) is 36.6 Å². The largest absolute Gasteiger partial charge is 0.414 e. The molecule has 2 aliphatic rings. The van der Waals surface area contributed by atoms with Crippen molar-refractivity contribution in [2.24, 2.45) is 21.7 Å². The third-order valence-corrected chi connectivity index (χ3v) is 2.45. The first-order chi connectivity index (χ1) is 11.8. The molecule has 2 aliphatic heterocycles. The Labute approximate surface area is 141 Å². The molecule has 2 atom stereocenters. The lowest BCUT2D eigenvalue weighted by Gasteiger charge is -2.00. The topological polar surface area (TPSA) is 313 Å². The number of aromatic amines is 1. The molecule has 0 amide bonds. The number of nitrogens with zero attached hydrogens (tertiary/aromatic N) is 8. The second-order valence-corrected chi connectivity index (χ2v) is 4.15. The molecule has 0 radical (unpaired) electrons. The van der Waals surface area contributed by atoms with E-state index in [0.717, 1.165) is 0 Å². The van der Waals surface area contributed by atoms with Crippen LogP contribution in [0.3, 0.4) is 0 Å². The van der Waals surface area contributed by atoms with Gasteiger partial charge in [0, 0.05) is 5.10 Å². The average molecular weight is 375 g/mol. The first-order valence-electron chi connectivity index (χ1n) is 6.18. The van der Waals surface area contributed by atoms with Gasteiger partial charge in [-0.25, -0.2) is 30.5 Å². The summed E-state index contributed by atoms with van der Waals surface area (Å²) in [6.07, 6.45) is -0.391. The SMILES string of the molecule is N/C(=N\[N+](=O)[O-])[N-]c1nn[nH]n1.NC1=[NH+][C@@H]2N/C(=N/[N+](=O)[O-])N[C@@H]2N1.O. The van der Waals surface area contributed by atoms with Gasteiger partial charge in [0.2, 0.25) is 12.3 Å². The lowest BCUT2D eigenvalue weighted by molar-refractivity contribution is -0.499. The maximum absolute atomic E-state index is 10.0. The van der Waals surface area contributed by atoms with Crippen molar-refractivity contribution in [2.75, 3.05) is 0 Å². The van der Waals surface area contributed by atoms with E-state index < -0.39 is 16.0 Å². The lowest BCUT2D eigenvalue weighted by atomic mass is 10.4. The molecule has 0 unspecified atom stereocenters. The Kier molecular flexibility index (Phi) is 6.42. The van der Waals surface area contributed by atoms with Crippen molar-refractivity contribution in [2.45, 2.75) is 12.3 Å². The number of hydrazone groups is 2. The van der Waals surface area contributed by atoms with Crippen LogP contribution in [0.25, 0.3) is 5.32 Å². The number of nitrogens with one attached hydrogen (secondary N) is 5. The molecule has 11 N–H and O–H groups in total. The molecule has 1 fully saturated rings. The number of hydrogen-bond acceptors (Lipinski definition) is 9. The zero-order chi connectivity index (χ0) is 18.4. The van der Waals surface area contributed by atoms with E-state index in [1.165, 1.54) is 0 Å². The minimum absolute atomic E-state index is 0. The van der Waals surface area contributed by atoms with E-state index in [0.29, 0.717) is 5.96 Å². The molecule has 142 valence electrons. The summed E-state index contributed by atoms with van der Waals surface area (Å²) in [7, 11) is 0. The van der Waals surface area contributed by atoms with E-state index in [1.54, 1.807) is 0 Å². The number of fused-ring (bicyclic) bond motifs is 1. The number of nitro groups is 2. The van der Waals surface area contributed by atoms with Crippen LogP contribution in [-0.4, -0.2) is 66.4 Å². The summed E-state index contributed by atoms with van der Waals surface area (Å²) in [5.74, 6) is -0.109. The summed E-state index contributed by atoms with van der Waals surface area (Å²) in [5.41, 5.74) is 10.4. The molecule has 0 aromatic carbocycles. The standard InChI is InChI=1S/C4H7N7O2.C2H3N8O2.H2O/c5-3-6-1-2(7-3)9-4(8-1)10-11(12)13;3-1(7-10(11)12)4-2-5-8-9-6-2;/h1-2H,(H3,5,6,7)(H2,8,9,10);(H3-,3,4,5,6,7,8,9);1H2/q;-1;/p+1/t1-,2+;;. The van der Waals surface area contributed by atoms with Crippen LogP contribution in [0.5, 0.6) is 0 Å². The van der Waals surface area contributed by atoms with Crippen LogP contribution in [-0.2, 0) is 0 Å². The second-order valence-electron chi connectivity index (χ2n) is 4.15. The van der Waals surface area contributed by atoms with E-state index in [-0.39, 0.29) is 29.7 Å². The highest BCUT2D eigenvalue weighted by molar-refractivity contribution is 5.95. The molecular formula is C6H13N15O5. The van der Waals surface area contributed by atoms with Gasteiger partial charge in [-0.15, -0.1) is 5.21 Å². The van der Waals surface area contributed by atoms with Gasteiger partial charge in [-0.1, -0.05) is 0 Å². The Balaban J connectivity index is 0.000000251. The van der Waals surface area contributed by atoms with Crippen LogP contribution in [0, 0.1) is 20.2 Å². The lowest BCUT2D eigenvalue weighted by Crippen LogP contribution is -2.82. The molecule has 3 rings (SSSR count). The fourth-order valence-electron chi connectivity index (χ4n) is 1.67. The number of guanidine groups is 3. The van der Waals surface area contributed by atoms with E-state index >= 15 is 0 Å². The Hall–Kier alpha value is -4.36. The molecule has 1 saturated heterocycles. The first kappa shape index (κ1) is 19.7. The molecule has 3 heterocycles. The van der Waals surface area contributed by atoms with Crippen LogP contribution in [0.15, 0.2) is 10.2 Å². The minimum atomic E-state index is -0.973. The molecule has 0 bridgehead atoms. The molecule has 1 aromatic heterocycles. The summed E-state index contributed by atoms with van der Waals surface area (Å²) < 4.78 is 0. The van der Waals surface area contributed by atoms with Gasteiger partial charge in [-0.2, -0.15) is 5.10 Å². The highest BCUT2D eigenvalue weighted by Gasteiger charge is 2.40. The molecule has 26 heavy (non-hydrogen) atoms. The predicted molar refractivity (Wildman–Crippen MR) is 81.0 cm³/mol. The normalized spacial score (nSPS) is 21.6. The Morgan fingerprint density at radius 1 is 1.27 bits per heavy atom. The number of nitrogens with two attached hydrogens (primary N) is 2. The first-order valence-corrected chi connectivity index (χ1v) is 6.18. The highest BCUT2D eigenvalue weighted by atomic mass is 16.7. The van der Waals surface area contributed by atoms with Gasteiger partial charge < -0.3 is 21.8 Å². The van der Waals surface area contributed by atoms with Crippen molar-refractivity contribution in [1.29, 1.82) is 0 Å². The average Bonchev–Trinajstić information content (AvgIpc) is 3.14.